The predicted molar refractivity (Wildman–Crippen MR) is 70.5 cm³/mol. The first-order valence-electron chi connectivity index (χ1n) is 6.04. The molecule has 1 heterocycles. The maximum atomic E-state index is 11.1. The van der Waals surface area contributed by atoms with Crippen molar-refractivity contribution < 1.29 is 9.53 Å². The van der Waals surface area contributed by atoms with Crippen LogP contribution in [0.2, 0.25) is 0 Å². The fourth-order valence-corrected chi connectivity index (χ4v) is 1.74. The van der Waals surface area contributed by atoms with Crippen LogP contribution in [-0.4, -0.2) is 24.2 Å². The molecule has 0 spiro atoms. The number of hydrogen-bond donors (Lipinski definition) is 1. The van der Waals surface area contributed by atoms with E-state index in [1.165, 1.54) is 5.39 Å². The highest BCUT2D eigenvalue weighted by molar-refractivity contribution is 5.81. The number of carbonyl (C=O) groups excluding carboxylic acids is 1. The number of aromatic nitrogens is 1. The standard InChI is InChI=1S/C14H16N2O2/c1-2-18-14(17)15-8-7-13-9-11-5-3-4-6-12(11)10-16-13/h3-6,9-10H,2,7-8H2,1H3,(H,15,17). The maximum absolute atomic E-state index is 11.1. The van der Waals surface area contributed by atoms with Crippen molar-refractivity contribution in [2.24, 2.45) is 0 Å². The van der Waals surface area contributed by atoms with E-state index in [9.17, 15) is 4.79 Å². The van der Waals surface area contributed by atoms with Crippen LogP contribution in [0.3, 0.4) is 0 Å². The fraction of sp³-hybridized carbons (Fsp3) is 0.286. The molecule has 1 N–H and O–H groups in total. The molecule has 0 saturated carbocycles. The normalized spacial score (nSPS) is 10.3. The molecule has 0 radical (unpaired) electrons. The summed E-state index contributed by atoms with van der Waals surface area (Å²) in [6.45, 7) is 2.70. The summed E-state index contributed by atoms with van der Waals surface area (Å²) in [6, 6.07) is 10.1. The van der Waals surface area contributed by atoms with Crippen LogP contribution in [0.4, 0.5) is 4.79 Å². The molecule has 0 aliphatic heterocycles. The zero-order chi connectivity index (χ0) is 12.8. The molecule has 0 unspecified atom stereocenters. The maximum Gasteiger partial charge on any atom is 0.407 e. The average Bonchev–Trinajstić information content (AvgIpc) is 2.39. The quantitative estimate of drug-likeness (QED) is 0.899. The van der Waals surface area contributed by atoms with Gasteiger partial charge in [-0.1, -0.05) is 24.3 Å². The van der Waals surface area contributed by atoms with Gasteiger partial charge in [-0.2, -0.15) is 0 Å². The molecule has 0 aliphatic carbocycles. The highest BCUT2D eigenvalue weighted by atomic mass is 16.5. The summed E-state index contributed by atoms with van der Waals surface area (Å²) in [5, 5.41) is 4.97. The van der Waals surface area contributed by atoms with E-state index in [0.29, 0.717) is 19.6 Å². The Bertz CT molecular complexity index is 540. The van der Waals surface area contributed by atoms with Gasteiger partial charge in [-0.15, -0.1) is 0 Å². The van der Waals surface area contributed by atoms with Crippen molar-refractivity contribution in [2.75, 3.05) is 13.2 Å². The van der Waals surface area contributed by atoms with Gasteiger partial charge in [-0.25, -0.2) is 4.79 Å². The summed E-state index contributed by atoms with van der Waals surface area (Å²) in [5.74, 6) is 0. The van der Waals surface area contributed by atoms with E-state index in [0.717, 1.165) is 11.1 Å². The summed E-state index contributed by atoms with van der Waals surface area (Å²) in [6.07, 6.45) is 2.18. The number of alkyl carbamates (subject to hydrolysis) is 1. The first-order valence-corrected chi connectivity index (χ1v) is 6.04. The fourth-order valence-electron chi connectivity index (χ4n) is 1.74. The molecule has 4 nitrogen and oxygen atoms in total. The summed E-state index contributed by atoms with van der Waals surface area (Å²) >= 11 is 0. The van der Waals surface area contributed by atoms with Gasteiger partial charge in [0.2, 0.25) is 0 Å². The van der Waals surface area contributed by atoms with Gasteiger partial charge >= 0.3 is 6.09 Å². The molecular formula is C14H16N2O2. The van der Waals surface area contributed by atoms with E-state index in [1.54, 1.807) is 6.92 Å². The van der Waals surface area contributed by atoms with Gasteiger partial charge in [0.15, 0.2) is 0 Å². The number of benzene rings is 1. The number of nitrogens with one attached hydrogen (secondary N) is 1. The Morgan fingerprint density at radius 2 is 2.11 bits per heavy atom. The van der Waals surface area contributed by atoms with Crippen LogP contribution in [0.1, 0.15) is 12.6 Å². The molecule has 0 bridgehead atoms. The van der Waals surface area contributed by atoms with Gasteiger partial charge in [-0.05, 0) is 18.4 Å². The van der Waals surface area contributed by atoms with E-state index in [-0.39, 0.29) is 6.09 Å². The highest BCUT2D eigenvalue weighted by Gasteiger charge is 2.01. The lowest BCUT2D eigenvalue weighted by Crippen LogP contribution is -2.26. The largest absolute Gasteiger partial charge is 0.450 e. The topological polar surface area (TPSA) is 51.2 Å². The van der Waals surface area contributed by atoms with Gasteiger partial charge in [0, 0.05) is 30.2 Å². The van der Waals surface area contributed by atoms with Crippen molar-refractivity contribution in [3.63, 3.8) is 0 Å². The van der Waals surface area contributed by atoms with Gasteiger partial charge in [0.1, 0.15) is 0 Å². The predicted octanol–water partition coefficient (Wildman–Crippen LogP) is 2.52. The van der Waals surface area contributed by atoms with Crippen LogP contribution < -0.4 is 5.32 Å². The number of nitrogens with zero attached hydrogens (tertiary/aromatic N) is 1. The van der Waals surface area contributed by atoms with Crippen LogP contribution >= 0.6 is 0 Å². The molecular weight excluding hydrogens is 228 g/mol. The van der Waals surface area contributed by atoms with Crippen molar-refractivity contribution in [3.8, 4) is 0 Å². The smallest absolute Gasteiger partial charge is 0.407 e. The molecule has 94 valence electrons. The SMILES string of the molecule is CCOC(=O)NCCc1cc2ccccc2cn1. The minimum Gasteiger partial charge on any atom is -0.450 e. The van der Waals surface area contributed by atoms with Gasteiger partial charge in [0.25, 0.3) is 0 Å². The number of carbonyl (C=O) groups is 1. The second kappa shape index (κ2) is 6.00. The molecule has 2 aromatic rings. The lowest BCUT2D eigenvalue weighted by Gasteiger charge is -2.05. The number of rotatable bonds is 4. The third kappa shape index (κ3) is 3.20. The minimum atomic E-state index is -0.377. The molecule has 4 heteroatoms. The molecule has 0 atom stereocenters. The lowest BCUT2D eigenvalue weighted by molar-refractivity contribution is 0.152. The Morgan fingerprint density at radius 1 is 1.33 bits per heavy atom. The molecule has 0 saturated heterocycles. The van der Waals surface area contributed by atoms with Crippen LogP contribution in [-0.2, 0) is 11.2 Å². The summed E-state index contributed by atoms with van der Waals surface area (Å²) in [5.41, 5.74) is 0.963. The van der Waals surface area contributed by atoms with Crippen molar-refractivity contribution in [1.29, 1.82) is 0 Å². The highest BCUT2D eigenvalue weighted by Crippen LogP contribution is 2.13. The van der Waals surface area contributed by atoms with Crippen LogP contribution in [0.5, 0.6) is 0 Å². The number of amides is 1. The number of pyridine rings is 1. The minimum absolute atomic E-state index is 0.377. The molecule has 2 rings (SSSR count). The zero-order valence-corrected chi connectivity index (χ0v) is 10.3. The molecule has 1 aromatic heterocycles. The zero-order valence-electron chi connectivity index (χ0n) is 10.3. The lowest BCUT2D eigenvalue weighted by atomic mass is 10.1. The Labute approximate surface area is 106 Å². The van der Waals surface area contributed by atoms with E-state index in [1.807, 2.05) is 30.5 Å². The Morgan fingerprint density at radius 3 is 2.89 bits per heavy atom. The van der Waals surface area contributed by atoms with Crippen molar-refractivity contribution in [1.82, 2.24) is 10.3 Å². The summed E-state index contributed by atoms with van der Waals surface area (Å²) in [4.78, 5) is 15.4. The average molecular weight is 244 g/mol. The van der Waals surface area contributed by atoms with Gasteiger partial charge in [0.05, 0.1) is 6.61 Å². The second-order valence-electron chi connectivity index (χ2n) is 3.92. The molecule has 18 heavy (non-hydrogen) atoms. The van der Waals surface area contributed by atoms with Crippen LogP contribution in [0.25, 0.3) is 10.8 Å². The Hall–Kier alpha value is -2.10. The van der Waals surface area contributed by atoms with Crippen molar-refractivity contribution in [3.05, 3.63) is 42.2 Å². The first-order chi connectivity index (χ1) is 8.79. The molecule has 0 fully saturated rings. The Balaban J connectivity index is 1.93. The first kappa shape index (κ1) is 12.4. The summed E-state index contributed by atoms with van der Waals surface area (Å²) < 4.78 is 4.78. The van der Waals surface area contributed by atoms with Gasteiger partial charge < -0.3 is 10.1 Å². The molecule has 0 aliphatic rings. The van der Waals surface area contributed by atoms with Crippen molar-refractivity contribution >= 4 is 16.9 Å². The third-order valence-corrected chi connectivity index (χ3v) is 2.61. The third-order valence-electron chi connectivity index (χ3n) is 2.61. The Kier molecular flexibility index (Phi) is 4.12. The second-order valence-corrected chi connectivity index (χ2v) is 3.92. The van der Waals surface area contributed by atoms with Crippen LogP contribution in [0, 0.1) is 0 Å². The number of ether oxygens (including phenoxy) is 1. The van der Waals surface area contributed by atoms with E-state index in [2.05, 4.69) is 16.4 Å². The van der Waals surface area contributed by atoms with Crippen molar-refractivity contribution in [2.45, 2.75) is 13.3 Å². The monoisotopic (exact) mass is 244 g/mol. The molecule has 1 amide bonds. The molecule has 1 aromatic carbocycles. The van der Waals surface area contributed by atoms with E-state index < -0.39 is 0 Å². The number of fused-ring (bicyclic) bond motifs is 1. The number of hydrogen-bond acceptors (Lipinski definition) is 3. The van der Waals surface area contributed by atoms with E-state index in [4.69, 9.17) is 4.74 Å². The van der Waals surface area contributed by atoms with Gasteiger partial charge in [-0.3, -0.25) is 4.98 Å². The van der Waals surface area contributed by atoms with Crippen LogP contribution in [0.15, 0.2) is 36.5 Å². The van der Waals surface area contributed by atoms with E-state index >= 15 is 0 Å². The summed E-state index contributed by atoms with van der Waals surface area (Å²) in [7, 11) is 0.